The number of nitrogens with zero attached hydrogens (tertiary/aromatic N) is 2. The number of urea groups is 1. The van der Waals surface area contributed by atoms with Gasteiger partial charge in [0.1, 0.15) is 6.04 Å². The van der Waals surface area contributed by atoms with E-state index in [1.807, 2.05) is 0 Å². The van der Waals surface area contributed by atoms with Crippen molar-refractivity contribution in [1.29, 1.82) is 0 Å². The normalized spacial score (nSPS) is 22.1. The molecule has 1 saturated carbocycles. The SMILES string of the molecule is CN1C(=O)CCC(NC(=O)N(CCC(=O)O)C2CC2)C1=O. The lowest BCUT2D eigenvalue weighted by Gasteiger charge is -2.30. The summed E-state index contributed by atoms with van der Waals surface area (Å²) in [4.78, 5) is 48.6. The number of aliphatic carboxylic acids is 1. The third kappa shape index (κ3) is 3.71. The average Bonchev–Trinajstić information content (AvgIpc) is 3.24. The van der Waals surface area contributed by atoms with Crippen LogP contribution in [0, 0.1) is 0 Å². The van der Waals surface area contributed by atoms with Gasteiger partial charge in [0.15, 0.2) is 0 Å². The first-order valence-corrected chi connectivity index (χ1v) is 6.99. The molecule has 0 spiro atoms. The zero-order valence-electron chi connectivity index (χ0n) is 11.9. The first kappa shape index (κ1) is 15.3. The maximum atomic E-state index is 12.2. The van der Waals surface area contributed by atoms with Crippen molar-refractivity contribution in [2.45, 2.75) is 44.2 Å². The number of rotatable bonds is 5. The molecule has 1 aliphatic heterocycles. The Morgan fingerprint density at radius 3 is 2.57 bits per heavy atom. The Kier molecular flexibility index (Phi) is 4.44. The second-order valence-electron chi connectivity index (χ2n) is 5.40. The predicted octanol–water partition coefficient (Wildman–Crippen LogP) is -0.217. The van der Waals surface area contributed by atoms with E-state index in [9.17, 15) is 19.2 Å². The van der Waals surface area contributed by atoms with Crippen LogP contribution in [0.5, 0.6) is 0 Å². The number of likely N-dealkylation sites (tertiary alicyclic amines) is 1. The third-order valence-corrected chi connectivity index (χ3v) is 3.76. The summed E-state index contributed by atoms with van der Waals surface area (Å²) in [7, 11) is 1.39. The molecular weight excluding hydrogens is 278 g/mol. The number of carbonyl (C=O) groups excluding carboxylic acids is 3. The fourth-order valence-corrected chi connectivity index (χ4v) is 2.33. The summed E-state index contributed by atoms with van der Waals surface area (Å²) in [5.74, 6) is -1.64. The first-order valence-electron chi connectivity index (χ1n) is 6.99. The Bertz CT molecular complexity index is 474. The van der Waals surface area contributed by atoms with Crippen molar-refractivity contribution >= 4 is 23.8 Å². The van der Waals surface area contributed by atoms with Crippen LogP contribution in [0.25, 0.3) is 0 Å². The minimum Gasteiger partial charge on any atom is -0.481 e. The van der Waals surface area contributed by atoms with Crippen molar-refractivity contribution in [1.82, 2.24) is 15.1 Å². The number of nitrogens with one attached hydrogen (secondary N) is 1. The van der Waals surface area contributed by atoms with E-state index in [2.05, 4.69) is 5.32 Å². The first-order chi connectivity index (χ1) is 9.90. The summed E-state index contributed by atoms with van der Waals surface area (Å²) in [5.41, 5.74) is 0. The number of carboxylic acid groups (broad SMARTS) is 1. The molecule has 2 fully saturated rings. The molecule has 1 saturated heterocycles. The fourth-order valence-electron chi connectivity index (χ4n) is 2.33. The molecule has 8 heteroatoms. The number of carboxylic acids is 1. The highest BCUT2D eigenvalue weighted by Crippen LogP contribution is 2.27. The third-order valence-electron chi connectivity index (χ3n) is 3.76. The molecule has 1 atom stereocenters. The van der Waals surface area contributed by atoms with Crippen LogP contribution in [0.3, 0.4) is 0 Å². The molecule has 2 rings (SSSR count). The van der Waals surface area contributed by atoms with Crippen molar-refractivity contribution in [2.24, 2.45) is 0 Å². The van der Waals surface area contributed by atoms with E-state index in [-0.39, 0.29) is 37.8 Å². The van der Waals surface area contributed by atoms with Crippen molar-refractivity contribution in [3.8, 4) is 0 Å². The van der Waals surface area contributed by atoms with E-state index in [1.54, 1.807) is 0 Å². The zero-order valence-corrected chi connectivity index (χ0v) is 11.9. The Labute approximate surface area is 122 Å². The van der Waals surface area contributed by atoms with Gasteiger partial charge in [-0.05, 0) is 19.3 Å². The lowest BCUT2D eigenvalue weighted by Crippen LogP contribution is -2.56. The van der Waals surface area contributed by atoms with Gasteiger partial charge < -0.3 is 15.3 Å². The van der Waals surface area contributed by atoms with Crippen LogP contribution in [0.4, 0.5) is 4.79 Å². The number of piperidine rings is 1. The monoisotopic (exact) mass is 297 g/mol. The van der Waals surface area contributed by atoms with Gasteiger partial charge in [-0.25, -0.2) is 4.79 Å². The maximum absolute atomic E-state index is 12.2. The molecule has 2 N–H and O–H groups in total. The number of imide groups is 1. The number of carbonyl (C=O) groups is 4. The zero-order chi connectivity index (χ0) is 15.6. The molecule has 0 aromatic rings. The molecule has 1 aliphatic carbocycles. The van der Waals surface area contributed by atoms with Crippen LogP contribution in [-0.4, -0.2) is 64.4 Å². The number of likely N-dealkylation sites (N-methyl/N-ethyl adjacent to an activating group) is 1. The lowest BCUT2D eigenvalue weighted by atomic mass is 10.1. The topological polar surface area (TPSA) is 107 Å². The van der Waals surface area contributed by atoms with Crippen LogP contribution in [-0.2, 0) is 14.4 Å². The summed E-state index contributed by atoms with van der Waals surface area (Å²) in [6, 6.07) is -1.09. The summed E-state index contributed by atoms with van der Waals surface area (Å²) < 4.78 is 0. The molecule has 0 aromatic heterocycles. The molecular formula is C13H19N3O5. The average molecular weight is 297 g/mol. The van der Waals surface area contributed by atoms with E-state index < -0.39 is 23.9 Å². The molecule has 0 aromatic carbocycles. The Morgan fingerprint density at radius 1 is 1.33 bits per heavy atom. The van der Waals surface area contributed by atoms with Gasteiger partial charge in [-0.1, -0.05) is 0 Å². The standard InChI is InChI=1S/C13H19N3O5/c1-15-10(17)5-4-9(12(15)20)14-13(21)16(8-2-3-8)7-6-11(18)19/h8-9H,2-7H2,1H3,(H,14,21)(H,18,19). The minimum atomic E-state index is -0.965. The highest BCUT2D eigenvalue weighted by molar-refractivity contribution is 6.01. The van der Waals surface area contributed by atoms with Gasteiger partial charge in [0.05, 0.1) is 6.42 Å². The minimum absolute atomic E-state index is 0.0578. The van der Waals surface area contributed by atoms with Gasteiger partial charge in [0.25, 0.3) is 5.91 Å². The van der Waals surface area contributed by atoms with E-state index in [4.69, 9.17) is 5.11 Å². The van der Waals surface area contributed by atoms with Gasteiger partial charge in [0.2, 0.25) is 5.91 Å². The molecule has 1 heterocycles. The molecule has 0 bridgehead atoms. The smallest absolute Gasteiger partial charge is 0.318 e. The van der Waals surface area contributed by atoms with Gasteiger partial charge in [-0.3, -0.25) is 19.3 Å². The van der Waals surface area contributed by atoms with Crippen molar-refractivity contribution in [3.05, 3.63) is 0 Å². The van der Waals surface area contributed by atoms with E-state index in [1.165, 1.54) is 11.9 Å². The second-order valence-corrected chi connectivity index (χ2v) is 5.40. The molecule has 1 unspecified atom stereocenters. The Morgan fingerprint density at radius 2 is 2.00 bits per heavy atom. The molecule has 116 valence electrons. The Hall–Kier alpha value is -2.12. The fraction of sp³-hybridized carbons (Fsp3) is 0.692. The van der Waals surface area contributed by atoms with Gasteiger partial charge in [-0.15, -0.1) is 0 Å². The molecule has 8 nitrogen and oxygen atoms in total. The molecule has 4 amide bonds. The molecule has 2 aliphatic rings. The van der Waals surface area contributed by atoms with E-state index in [0.717, 1.165) is 17.7 Å². The van der Waals surface area contributed by atoms with Crippen molar-refractivity contribution < 1.29 is 24.3 Å². The Balaban J connectivity index is 1.93. The van der Waals surface area contributed by atoms with Crippen LogP contribution < -0.4 is 5.32 Å². The van der Waals surface area contributed by atoms with Crippen LogP contribution >= 0.6 is 0 Å². The summed E-state index contributed by atoms with van der Waals surface area (Å²) in [6.45, 7) is 0.127. The van der Waals surface area contributed by atoms with Crippen LogP contribution in [0.1, 0.15) is 32.1 Å². The quantitative estimate of drug-likeness (QED) is 0.682. The largest absolute Gasteiger partial charge is 0.481 e. The van der Waals surface area contributed by atoms with Crippen LogP contribution in [0.15, 0.2) is 0 Å². The van der Waals surface area contributed by atoms with Crippen molar-refractivity contribution in [3.63, 3.8) is 0 Å². The molecule has 21 heavy (non-hydrogen) atoms. The summed E-state index contributed by atoms with van der Waals surface area (Å²) in [6.07, 6.45) is 2.08. The number of hydrogen-bond donors (Lipinski definition) is 2. The van der Waals surface area contributed by atoms with Gasteiger partial charge in [-0.2, -0.15) is 0 Å². The predicted molar refractivity (Wildman–Crippen MR) is 71.3 cm³/mol. The van der Waals surface area contributed by atoms with E-state index in [0.29, 0.717) is 0 Å². The molecule has 0 radical (unpaired) electrons. The number of amides is 4. The maximum Gasteiger partial charge on any atom is 0.318 e. The lowest BCUT2D eigenvalue weighted by molar-refractivity contribution is -0.148. The van der Waals surface area contributed by atoms with Crippen LogP contribution in [0.2, 0.25) is 0 Å². The second kappa shape index (κ2) is 6.11. The highest BCUT2D eigenvalue weighted by atomic mass is 16.4. The number of hydrogen-bond acceptors (Lipinski definition) is 4. The summed E-state index contributed by atoms with van der Waals surface area (Å²) >= 11 is 0. The van der Waals surface area contributed by atoms with Gasteiger partial charge in [0, 0.05) is 26.1 Å². The summed E-state index contributed by atoms with van der Waals surface area (Å²) in [5, 5.41) is 11.3. The highest BCUT2D eigenvalue weighted by Gasteiger charge is 2.37. The van der Waals surface area contributed by atoms with E-state index >= 15 is 0 Å². The van der Waals surface area contributed by atoms with Crippen molar-refractivity contribution in [2.75, 3.05) is 13.6 Å². The van der Waals surface area contributed by atoms with Gasteiger partial charge >= 0.3 is 12.0 Å².